The third-order valence-electron chi connectivity index (χ3n) is 4.95. The van der Waals surface area contributed by atoms with Crippen molar-refractivity contribution in [2.45, 2.75) is 19.2 Å². The minimum Gasteiger partial charge on any atom is -0.390 e. The third-order valence-corrected chi connectivity index (χ3v) is 4.95. The summed E-state index contributed by atoms with van der Waals surface area (Å²) in [5.74, 6) is 0.895. The number of carbonyl (C=O) groups excluding carboxylic acids is 1. The number of aliphatic hydroxyl groups excluding tert-OH is 1. The van der Waals surface area contributed by atoms with E-state index in [-0.39, 0.29) is 12.5 Å². The van der Waals surface area contributed by atoms with Crippen molar-refractivity contribution >= 4 is 16.9 Å². The summed E-state index contributed by atoms with van der Waals surface area (Å²) in [5, 5.41) is 10.4. The van der Waals surface area contributed by atoms with Gasteiger partial charge in [-0.15, -0.1) is 0 Å². The highest BCUT2D eigenvalue weighted by molar-refractivity contribution is 5.79. The van der Waals surface area contributed by atoms with Crippen LogP contribution in [0.15, 0.2) is 48.8 Å². The molecule has 0 bridgehead atoms. The lowest BCUT2D eigenvalue weighted by atomic mass is 10.2. The Labute approximate surface area is 157 Å². The van der Waals surface area contributed by atoms with Crippen LogP contribution in [-0.2, 0) is 24.9 Å². The van der Waals surface area contributed by atoms with Crippen molar-refractivity contribution in [1.29, 1.82) is 0 Å². The number of pyridine rings is 1. The van der Waals surface area contributed by atoms with Gasteiger partial charge in [0.2, 0.25) is 5.91 Å². The number of imidazole rings is 1. The van der Waals surface area contributed by atoms with Gasteiger partial charge < -0.3 is 14.6 Å². The van der Waals surface area contributed by atoms with Crippen LogP contribution >= 0.6 is 0 Å². The molecule has 1 saturated heterocycles. The molecule has 2 aromatic heterocycles. The summed E-state index contributed by atoms with van der Waals surface area (Å²) in [6, 6.07) is 11.8. The van der Waals surface area contributed by atoms with Gasteiger partial charge in [0.1, 0.15) is 5.82 Å². The Bertz CT molecular complexity index is 940. The Morgan fingerprint density at radius 3 is 2.78 bits per heavy atom. The van der Waals surface area contributed by atoms with E-state index in [4.69, 9.17) is 0 Å². The number of hydrogen-bond donors (Lipinski definition) is 1. The Kier molecular flexibility index (Phi) is 4.87. The van der Waals surface area contributed by atoms with Crippen molar-refractivity contribution in [3.63, 3.8) is 0 Å². The lowest BCUT2D eigenvalue weighted by Crippen LogP contribution is -2.36. The molecular weight excluding hydrogens is 342 g/mol. The summed E-state index contributed by atoms with van der Waals surface area (Å²) >= 11 is 0. The molecule has 7 nitrogen and oxygen atoms in total. The first-order valence-corrected chi connectivity index (χ1v) is 9.07. The van der Waals surface area contributed by atoms with Crippen molar-refractivity contribution in [2.24, 2.45) is 7.05 Å². The van der Waals surface area contributed by atoms with E-state index in [9.17, 15) is 9.90 Å². The molecule has 7 heteroatoms. The quantitative estimate of drug-likeness (QED) is 0.751. The van der Waals surface area contributed by atoms with Crippen LogP contribution in [0.1, 0.15) is 11.4 Å². The molecule has 1 unspecified atom stereocenters. The second kappa shape index (κ2) is 7.46. The number of para-hydroxylation sites is 2. The molecule has 140 valence electrons. The first kappa shape index (κ1) is 17.6. The normalized spacial score (nSPS) is 18.8. The maximum absolute atomic E-state index is 12.7. The van der Waals surface area contributed by atoms with E-state index in [1.807, 2.05) is 52.9 Å². The van der Waals surface area contributed by atoms with Gasteiger partial charge in [-0.2, -0.15) is 0 Å². The van der Waals surface area contributed by atoms with Gasteiger partial charge in [-0.1, -0.05) is 18.2 Å². The first-order valence-electron chi connectivity index (χ1n) is 9.07. The summed E-state index contributed by atoms with van der Waals surface area (Å²) in [6.45, 7) is 2.02. The van der Waals surface area contributed by atoms with Crippen molar-refractivity contribution in [3.8, 4) is 0 Å². The summed E-state index contributed by atoms with van der Waals surface area (Å²) in [4.78, 5) is 25.2. The molecular formula is C20H23N5O2. The number of hydrogen-bond acceptors (Lipinski definition) is 5. The molecule has 1 aliphatic heterocycles. The number of benzene rings is 1. The molecule has 4 rings (SSSR count). The molecule has 27 heavy (non-hydrogen) atoms. The molecule has 0 spiro atoms. The number of nitrogens with zero attached hydrogens (tertiary/aromatic N) is 5. The highest BCUT2D eigenvalue weighted by Crippen LogP contribution is 2.17. The SMILES string of the molecule is Cn1c(CN2CC(=O)N(Cc3cccnc3)CC(O)C2)nc2ccccc21. The number of fused-ring (bicyclic) bond motifs is 1. The Morgan fingerprint density at radius 2 is 2.00 bits per heavy atom. The van der Waals surface area contributed by atoms with E-state index in [0.717, 1.165) is 22.4 Å². The van der Waals surface area contributed by atoms with E-state index < -0.39 is 6.10 Å². The summed E-state index contributed by atoms with van der Waals surface area (Å²) in [7, 11) is 1.98. The average molecular weight is 365 g/mol. The van der Waals surface area contributed by atoms with Crippen LogP contribution in [0.4, 0.5) is 0 Å². The van der Waals surface area contributed by atoms with Gasteiger partial charge in [0, 0.05) is 39.1 Å². The highest BCUT2D eigenvalue weighted by Gasteiger charge is 2.27. The number of carbonyl (C=O) groups is 1. The van der Waals surface area contributed by atoms with Gasteiger partial charge in [-0.25, -0.2) is 4.98 Å². The van der Waals surface area contributed by atoms with Crippen LogP contribution < -0.4 is 0 Å². The number of β-amino-alcohol motifs (C(OH)–C–C–N with tert-alkyl or cyclic N) is 1. The number of amides is 1. The smallest absolute Gasteiger partial charge is 0.237 e. The molecule has 0 radical (unpaired) electrons. The Balaban J connectivity index is 1.49. The molecule has 1 aromatic carbocycles. The van der Waals surface area contributed by atoms with E-state index in [0.29, 0.717) is 26.2 Å². The van der Waals surface area contributed by atoms with Gasteiger partial charge in [0.25, 0.3) is 0 Å². The Hall–Kier alpha value is -2.77. The Morgan fingerprint density at radius 1 is 1.15 bits per heavy atom. The molecule has 0 aliphatic carbocycles. The number of aliphatic hydroxyl groups is 1. The lowest BCUT2D eigenvalue weighted by molar-refractivity contribution is -0.132. The second-order valence-corrected chi connectivity index (χ2v) is 7.03. The predicted octanol–water partition coefficient (Wildman–Crippen LogP) is 1.17. The van der Waals surface area contributed by atoms with Crippen LogP contribution in [0, 0.1) is 0 Å². The van der Waals surface area contributed by atoms with E-state index in [2.05, 4.69) is 9.97 Å². The molecule has 1 fully saturated rings. The van der Waals surface area contributed by atoms with Crippen LogP contribution in [0.2, 0.25) is 0 Å². The van der Waals surface area contributed by atoms with Gasteiger partial charge in [-0.05, 0) is 23.8 Å². The fourth-order valence-corrected chi connectivity index (χ4v) is 3.59. The van der Waals surface area contributed by atoms with Crippen LogP contribution in [0.5, 0.6) is 0 Å². The second-order valence-electron chi connectivity index (χ2n) is 7.03. The molecule has 3 heterocycles. The average Bonchev–Trinajstić information content (AvgIpc) is 2.90. The zero-order valence-corrected chi connectivity index (χ0v) is 15.3. The number of aromatic nitrogens is 3. The summed E-state index contributed by atoms with van der Waals surface area (Å²) < 4.78 is 2.05. The minimum absolute atomic E-state index is 0.00849. The topological polar surface area (TPSA) is 74.5 Å². The zero-order valence-electron chi connectivity index (χ0n) is 15.3. The van der Waals surface area contributed by atoms with Gasteiger partial charge in [0.05, 0.1) is 30.2 Å². The molecule has 0 saturated carbocycles. The molecule has 1 atom stereocenters. The standard InChI is InChI=1S/C20H23N5O2/c1-23-18-7-3-2-6-17(18)22-19(23)13-24-11-16(26)12-25(20(27)14-24)10-15-5-4-8-21-9-15/h2-9,16,26H,10-14H2,1H3. The highest BCUT2D eigenvalue weighted by atomic mass is 16.3. The van der Waals surface area contributed by atoms with Crippen molar-refractivity contribution in [2.75, 3.05) is 19.6 Å². The monoisotopic (exact) mass is 365 g/mol. The van der Waals surface area contributed by atoms with Gasteiger partial charge in [-0.3, -0.25) is 14.7 Å². The first-order chi connectivity index (χ1) is 13.1. The van der Waals surface area contributed by atoms with Crippen molar-refractivity contribution in [3.05, 3.63) is 60.2 Å². The fourth-order valence-electron chi connectivity index (χ4n) is 3.59. The largest absolute Gasteiger partial charge is 0.390 e. The summed E-state index contributed by atoms with van der Waals surface area (Å²) in [6.07, 6.45) is 2.87. The lowest BCUT2D eigenvalue weighted by Gasteiger charge is -2.21. The van der Waals surface area contributed by atoms with Crippen LogP contribution in [0.25, 0.3) is 11.0 Å². The minimum atomic E-state index is -0.595. The molecule has 1 amide bonds. The predicted molar refractivity (Wildman–Crippen MR) is 102 cm³/mol. The third kappa shape index (κ3) is 3.84. The molecule has 1 N–H and O–H groups in total. The fraction of sp³-hybridized carbons (Fsp3) is 0.350. The maximum atomic E-state index is 12.7. The maximum Gasteiger partial charge on any atom is 0.237 e. The summed E-state index contributed by atoms with van der Waals surface area (Å²) in [5.41, 5.74) is 2.96. The molecule has 3 aromatic rings. The van der Waals surface area contributed by atoms with Crippen LogP contribution in [-0.4, -0.2) is 61.1 Å². The van der Waals surface area contributed by atoms with Crippen molar-refractivity contribution in [1.82, 2.24) is 24.3 Å². The van der Waals surface area contributed by atoms with Gasteiger partial charge >= 0.3 is 0 Å². The molecule has 1 aliphatic rings. The van der Waals surface area contributed by atoms with E-state index >= 15 is 0 Å². The van der Waals surface area contributed by atoms with Crippen LogP contribution in [0.3, 0.4) is 0 Å². The zero-order chi connectivity index (χ0) is 18.8. The van der Waals surface area contributed by atoms with E-state index in [1.165, 1.54) is 0 Å². The van der Waals surface area contributed by atoms with Gasteiger partial charge in [0.15, 0.2) is 0 Å². The number of aryl methyl sites for hydroxylation is 1. The van der Waals surface area contributed by atoms with E-state index in [1.54, 1.807) is 17.3 Å². The van der Waals surface area contributed by atoms with Crippen molar-refractivity contribution < 1.29 is 9.90 Å². The number of rotatable bonds is 4.